The van der Waals surface area contributed by atoms with Crippen molar-refractivity contribution in [2.24, 2.45) is 0 Å². The summed E-state index contributed by atoms with van der Waals surface area (Å²) < 4.78 is 78.1. The third-order valence-electron chi connectivity index (χ3n) is 11.7. The molecule has 4 fully saturated rings. The highest BCUT2D eigenvalue weighted by Gasteiger charge is 2.57. The molecule has 20 unspecified atom stereocenters. The van der Waals surface area contributed by atoms with Gasteiger partial charge in [-0.3, -0.25) is 19.1 Å². The van der Waals surface area contributed by atoms with Crippen LogP contribution in [0.25, 0.3) is 0 Å². The number of sulfonamides is 1. The summed E-state index contributed by atoms with van der Waals surface area (Å²) in [5, 5.41) is 116. The first-order chi connectivity index (χ1) is 34.0. The van der Waals surface area contributed by atoms with Crippen molar-refractivity contribution in [3.05, 3.63) is 48.5 Å². The van der Waals surface area contributed by atoms with Gasteiger partial charge in [0.15, 0.2) is 43.1 Å². The van der Waals surface area contributed by atoms with Crippen LogP contribution in [-0.2, 0) is 67.1 Å². The van der Waals surface area contributed by atoms with Crippen molar-refractivity contribution in [1.29, 1.82) is 0 Å². The van der Waals surface area contributed by atoms with Gasteiger partial charge in [-0.25, -0.2) is 13.2 Å². The molecule has 20 atom stereocenters. The van der Waals surface area contributed by atoms with Crippen LogP contribution in [-0.4, -0.2) is 232 Å². The van der Waals surface area contributed by atoms with Gasteiger partial charge in [0.2, 0.25) is 21.8 Å². The number of amides is 3. The largest absolute Gasteiger partial charge is 0.479 e. The Kier molecular flexibility index (Phi) is 18.9. The van der Waals surface area contributed by atoms with Crippen LogP contribution in [0.2, 0.25) is 0 Å². The molecule has 402 valence electrons. The minimum absolute atomic E-state index is 0.0814. The summed E-state index contributed by atoms with van der Waals surface area (Å²) in [6, 6.07) is 8.19. The van der Waals surface area contributed by atoms with E-state index in [-0.39, 0.29) is 22.9 Å². The van der Waals surface area contributed by atoms with Crippen LogP contribution in [0, 0.1) is 0 Å². The smallest absolute Gasteiger partial charge is 0.335 e. The standard InChI is InChI=1S/C42H58N4O25S/c1-15(49)43-23-31(25(51)21(13-47)65-39(23)60)67-41-30(56)28(54)34(35(70-41)37(57)45-17-10-11-19(46-72(4,61)62)20(12-17)64-18-8-6-5-7-9-18)69-40-24(44-16(2)50)32(26(52)22(14-48)66-40)68-42-29(55)27(53)33(63-3)36(71-42)38(58)59/h5-12,21-36,39-42,46-48,51-56,60H,13-14H2,1-4H3,(H,43,49)(H,44,50)(H,45,57)(H,58,59). The maximum Gasteiger partial charge on any atom is 0.335 e. The molecule has 0 aliphatic carbocycles. The fourth-order valence-electron chi connectivity index (χ4n) is 8.35. The molecule has 4 aliphatic heterocycles. The molecule has 2 aromatic carbocycles. The van der Waals surface area contributed by atoms with E-state index in [9.17, 15) is 78.7 Å². The molecule has 0 aromatic heterocycles. The summed E-state index contributed by atoms with van der Waals surface area (Å²) in [7, 11) is -2.87. The van der Waals surface area contributed by atoms with Gasteiger partial charge in [-0.15, -0.1) is 0 Å². The number of aliphatic hydroxyl groups is 9. The van der Waals surface area contributed by atoms with Crippen LogP contribution in [0.15, 0.2) is 48.5 Å². The number of para-hydroxylation sites is 1. The lowest BCUT2D eigenvalue weighted by atomic mass is 9.93. The van der Waals surface area contributed by atoms with Crippen molar-refractivity contribution in [3.63, 3.8) is 0 Å². The van der Waals surface area contributed by atoms with E-state index in [1.807, 2.05) is 0 Å². The molecule has 4 saturated heterocycles. The minimum Gasteiger partial charge on any atom is -0.479 e. The Labute approximate surface area is 409 Å². The molecule has 14 N–H and O–H groups in total. The van der Waals surface area contributed by atoms with Crippen LogP contribution in [0.3, 0.4) is 0 Å². The SMILES string of the molecule is COC1C(C(=O)O)OC(OC2C(O)C(CO)OC(OC3C(C(=O)Nc4ccc(NS(C)(=O)=O)c(Oc5ccccc5)c4)OC(OC4C(O)C(CO)OC(O)C4NC(C)=O)C(O)C3O)C2NC(C)=O)C(O)C1O. The highest BCUT2D eigenvalue weighted by atomic mass is 32.2. The zero-order valence-electron chi connectivity index (χ0n) is 38.6. The van der Waals surface area contributed by atoms with E-state index in [2.05, 4.69) is 20.7 Å². The molecule has 0 saturated carbocycles. The molecule has 0 spiro atoms. The summed E-state index contributed by atoms with van der Waals surface area (Å²) in [5.74, 6) is -4.48. The van der Waals surface area contributed by atoms with Crippen molar-refractivity contribution in [3.8, 4) is 11.5 Å². The fraction of sp³-hybridized carbons (Fsp3) is 0.619. The van der Waals surface area contributed by atoms with E-state index >= 15 is 0 Å². The van der Waals surface area contributed by atoms with Gasteiger partial charge in [-0.2, -0.15) is 0 Å². The molecule has 30 heteroatoms. The molecule has 72 heavy (non-hydrogen) atoms. The van der Waals surface area contributed by atoms with Gasteiger partial charge in [0.25, 0.3) is 5.91 Å². The van der Waals surface area contributed by atoms with Gasteiger partial charge in [0.05, 0.1) is 25.2 Å². The molecule has 0 radical (unpaired) electrons. The van der Waals surface area contributed by atoms with Crippen molar-refractivity contribution in [1.82, 2.24) is 10.6 Å². The minimum atomic E-state index is -3.90. The van der Waals surface area contributed by atoms with Gasteiger partial charge in [-0.05, 0) is 24.3 Å². The number of carbonyl (C=O) groups excluding carboxylic acids is 3. The highest BCUT2D eigenvalue weighted by molar-refractivity contribution is 7.92. The Balaban J connectivity index is 1.38. The van der Waals surface area contributed by atoms with Crippen molar-refractivity contribution < 1.29 is 121 Å². The number of carboxylic acids is 1. The lowest BCUT2D eigenvalue weighted by Crippen LogP contribution is -2.71. The summed E-state index contributed by atoms with van der Waals surface area (Å²) in [6.07, 6.45) is -35.1. The Hall–Kier alpha value is -4.81. The predicted molar refractivity (Wildman–Crippen MR) is 235 cm³/mol. The maximum absolute atomic E-state index is 14.6. The van der Waals surface area contributed by atoms with Crippen molar-refractivity contribution in [2.45, 2.75) is 137 Å². The molecule has 29 nitrogen and oxygen atoms in total. The average Bonchev–Trinajstić information content (AvgIpc) is 3.31. The van der Waals surface area contributed by atoms with Crippen LogP contribution >= 0.6 is 0 Å². The van der Waals surface area contributed by atoms with Gasteiger partial charge in [0.1, 0.15) is 91.1 Å². The summed E-state index contributed by atoms with van der Waals surface area (Å²) in [4.78, 5) is 51.7. The number of carbonyl (C=O) groups is 4. The summed E-state index contributed by atoms with van der Waals surface area (Å²) >= 11 is 0. The second-order valence-corrected chi connectivity index (χ2v) is 18.8. The van der Waals surface area contributed by atoms with Crippen LogP contribution in [0.4, 0.5) is 11.4 Å². The molecular weight excluding hydrogens is 993 g/mol. The number of benzene rings is 2. The first-order valence-electron chi connectivity index (χ1n) is 22.0. The van der Waals surface area contributed by atoms with Gasteiger partial charge < -0.3 is 110 Å². The van der Waals surface area contributed by atoms with E-state index in [0.717, 1.165) is 27.2 Å². The predicted octanol–water partition coefficient (Wildman–Crippen LogP) is -5.90. The molecule has 4 heterocycles. The fourth-order valence-corrected chi connectivity index (χ4v) is 8.92. The van der Waals surface area contributed by atoms with E-state index in [1.54, 1.807) is 30.3 Å². The second-order valence-electron chi connectivity index (χ2n) is 17.0. The van der Waals surface area contributed by atoms with Gasteiger partial charge in [-0.1, -0.05) is 18.2 Å². The van der Waals surface area contributed by atoms with Crippen molar-refractivity contribution >= 4 is 45.1 Å². The van der Waals surface area contributed by atoms with Gasteiger partial charge >= 0.3 is 5.97 Å². The molecule has 3 amide bonds. The first-order valence-corrected chi connectivity index (χ1v) is 23.9. The number of hydrogen-bond donors (Lipinski definition) is 14. The number of aliphatic carboxylic acids is 1. The highest BCUT2D eigenvalue weighted by Crippen LogP contribution is 2.37. The second kappa shape index (κ2) is 24.0. The Morgan fingerprint density at radius 2 is 1.17 bits per heavy atom. The number of hydrogen-bond acceptors (Lipinski definition) is 24. The van der Waals surface area contributed by atoms with E-state index in [0.29, 0.717) is 0 Å². The Morgan fingerprint density at radius 1 is 0.639 bits per heavy atom. The number of ether oxygens (including phenoxy) is 9. The summed E-state index contributed by atoms with van der Waals surface area (Å²) in [5.41, 5.74) is -0.211. The first kappa shape index (κ1) is 56.5. The topological polar surface area (TPSA) is 436 Å². The molecular formula is C42H58N4O25S. The summed E-state index contributed by atoms with van der Waals surface area (Å²) in [6.45, 7) is 0.0900. The van der Waals surface area contributed by atoms with E-state index in [1.165, 1.54) is 18.2 Å². The number of nitrogens with one attached hydrogen (secondary N) is 4. The van der Waals surface area contributed by atoms with Crippen LogP contribution in [0.1, 0.15) is 13.8 Å². The Morgan fingerprint density at radius 3 is 1.71 bits per heavy atom. The number of carboxylic acid groups (broad SMARTS) is 1. The van der Waals surface area contributed by atoms with E-state index < -0.39 is 170 Å². The average molecular weight is 1050 g/mol. The number of methoxy groups -OCH3 is 1. The number of anilines is 2. The number of rotatable bonds is 18. The molecule has 2 aromatic rings. The van der Waals surface area contributed by atoms with Crippen LogP contribution < -0.4 is 25.4 Å². The normalized spacial score (nSPS) is 37.2. The lowest BCUT2D eigenvalue weighted by Gasteiger charge is -2.50. The van der Waals surface area contributed by atoms with Crippen LogP contribution in [0.5, 0.6) is 11.5 Å². The third-order valence-corrected chi connectivity index (χ3v) is 12.3. The van der Waals surface area contributed by atoms with E-state index in [4.69, 9.17) is 42.6 Å². The zero-order valence-corrected chi connectivity index (χ0v) is 39.4. The third kappa shape index (κ3) is 13.1. The Bertz CT molecular complexity index is 2300. The zero-order chi connectivity index (χ0) is 52.9. The lowest BCUT2D eigenvalue weighted by molar-refractivity contribution is -0.367. The number of aliphatic hydroxyl groups excluding tert-OH is 9. The van der Waals surface area contributed by atoms with Crippen molar-refractivity contribution in [2.75, 3.05) is 36.6 Å². The van der Waals surface area contributed by atoms with Gasteiger partial charge in [0, 0.05) is 32.7 Å². The maximum atomic E-state index is 14.6. The molecule has 0 bridgehead atoms. The molecule has 4 aliphatic rings. The molecule has 6 rings (SSSR count). The monoisotopic (exact) mass is 1050 g/mol. The quantitative estimate of drug-likeness (QED) is 0.0661.